The number of H-pyrrole nitrogens is 1. The molecule has 0 bridgehead atoms. The predicted octanol–water partition coefficient (Wildman–Crippen LogP) is 2.00. The van der Waals surface area contributed by atoms with Gasteiger partial charge in [0, 0.05) is 27.1 Å². The van der Waals surface area contributed by atoms with E-state index in [2.05, 4.69) is 4.98 Å². The zero-order chi connectivity index (χ0) is 20.3. The molecular weight excluding hydrogens is 358 g/mol. The third-order valence-corrected chi connectivity index (χ3v) is 4.60. The van der Waals surface area contributed by atoms with Crippen molar-refractivity contribution >= 4 is 11.8 Å². The van der Waals surface area contributed by atoms with E-state index < -0.39 is 11.7 Å². The number of nitrogens with zero attached hydrogens (tertiary/aromatic N) is 2. The van der Waals surface area contributed by atoms with Crippen molar-refractivity contribution in [3.63, 3.8) is 0 Å². The van der Waals surface area contributed by atoms with E-state index >= 15 is 0 Å². The Morgan fingerprint density at radius 2 is 1.68 bits per heavy atom. The van der Waals surface area contributed by atoms with Gasteiger partial charge < -0.3 is 10.0 Å². The van der Waals surface area contributed by atoms with E-state index in [4.69, 9.17) is 5.11 Å². The van der Waals surface area contributed by atoms with Gasteiger partial charge in [-0.1, -0.05) is 42.5 Å². The van der Waals surface area contributed by atoms with Gasteiger partial charge in [0.1, 0.15) is 5.82 Å². The molecule has 0 radical (unpaired) electrons. The second kappa shape index (κ2) is 7.96. The van der Waals surface area contributed by atoms with Gasteiger partial charge in [0.25, 0.3) is 5.56 Å². The molecule has 3 aromatic rings. The topological polar surface area (TPSA) is 95.4 Å². The summed E-state index contributed by atoms with van der Waals surface area (Å²) < 4.78 is 1.04. The average Bonchev–Trinajstić information content (AvgIpc) is 2.69. The van der Waals surface area contributed by atoms with Gasteiger partial charge in [-0.15, -0.1) is 0 Å². The van der Waals surface area contributed by atoms with Crippen molar-refractivity contribution in [1.82, 2.24) is 9.55 Å². The number of rotatable bonds is 6. The lowest BCUT2D eigenvalue weighted by molar-refractivity contribution is 0.0697. The summed E-state index contributed by atoms with van der Waals surface area (Å²) in [6.07, 6.45) is 0.276. The molecular formula is C21H21N3O4. The Morgan fingerprint density at radius 3 is 2.29 bits per heavy atom. The van der Waals surface area contributed by atoms with Gasteiger partial charge in [-0.05, 0) is 23.3 Å². The van der Waals surface area contributed by atoms with Crippen LogP contribution in [0.1, 0.15) is 27.0 Å². The van der Waals surface area contributed by atoms with Gasteiger partial charge >= 0.3 is 11.7 Å². The Bertz CT molecular complexity index is 1100. The summed E-state index contributed by atoms with van der Waals surface area (Å²) >= 11 is 0. The number of hydrogen-bond donors (Lipinski definition) is 2. The monoisotopic (exact) mass is 379 g/mol. The minimum Gasteiger partial charge on any atom is -0.478 e. The van der Waals surface area contributed by atoms with E-state index in [1.54, 1.807) is 12.1 Å². The van der Waals surface area contributed by atoms with Crippen molar-refractivity contribution < 1.29 is 9.90 Å². The fourth-order valence-electron chi connectivity index (χ4n) is 3.05. The van der Waals surface area contributed by atoms with Gasteiger partial charge in [-0.2, -0.15) is 0 Å². The van der Waals surface area contributed by atoms with Gasteiger partial charge in [-0.3, -0.25) is 14.3 Å². The van der Waals surface area contributed by atoms with Crippen LogP contribution in [0.2, 0.25) is 0 Å². The highest BCUT2D eigenvalue weighted by atomic mass is 16.4. The molecule has 7 heteroatoms. The van der Waals surface area contributed by atoms with Crippen LogP contribution in [-0.4, -0.2) is 27.7 Å². The van der Waals surface area contributed by atoms with Crippen molar-refractivity contribution in [1.29, 1.82) is 0 Å². The van der Waals surface area contributed by atoms with Gasteiger partial charge in [0.2, 0.25) is 0 Å². The van der Waals surface area contributed by atoms with Crippen molar-refractivity contribution in [2.45, 2.75) is 13.0 Å². The number of nitrogens with one attached hydrogen (secondary N) is 1. The highest BCUT2D eigenvalue weighted by Crippen LogP contribution is 2.18. The maximum atomic E-state index is 12.8. The molecule has 0 spiro atoms. The van der Waals surface area contributed by atoms with Crippen LogP contribution in [0.15, 0.2) is 64.2 Å². The highest BCUT2D eigenvalue weighted by Gasteiger charge is 2.17. The second-order valence-electron chi connectivity index (χ2n) is 6.64. The van der Waals surface area contributed by atoms with Crippen LogP contribution in [0.3, 0.4) is 0 Å². The summed E-state index contributed by atoms with van der Waals surface area (Å²) in [4.78, 5) is 40.6. The lowest BCUT2D eigenvalue weighted by Gasteiger charge is -2.22. The second-order valence-corrected chi connectivity index (χ2v) is 6.64. The van der Waals surface area contributed by atoms with E-state index in [-0.39, 0.29) is 17.5 Å². The standard InChI is InChI=1S/C21H21N3O4/c1-23(13-15-6-4-3-5-7-15)18-17(19(25)24(2)21(28)22-18)12-14-8-10-16(11-9-14)20(26)27/h3-11H,12-13H2,1-2H3,(H,22,28)(H,26,27). The fourth-order valence-corrected chi connectivity index (χ4v) is 3.05. The number of benzene rings is 2. The molecule has 28 heavy (non-hydrogen) atoms. The minimum atomic E-state index is -1.00. The van der Waals surface area contributed by atoms with E-state index in [0.29, 0.717) is 17.9 Å². The van der Waals surface area contributed by atoms with Crippen LogP contribution >= 0.6 is 0 Å². The first kappa shape index (κ1) is 19.2. The fraction of sp³-hybridized carbons (Fsp3) is 0.190. The SMILES string of the molecule is CN(Cc1ccccc1)c1[nH]c(=O)n(C)c(=O)c1Cc1ccc(C(=O)O)cc1. The zero-order valence-electron chi connectivity index (χ0n) is 15.7. The molecule has 0 aliphatic heterocycles. The number of carboxylic acids is 1. The molecule has 2 aromatic carbocycles. The number of aromatic nitrogens is 2. The van der Waals surface area contributed by atoms with E-state index in [9.17, 15) is 14.4 Å². The van der Waals surface area contributed by atoms with Crippen molar-refractivity contribution in [3.05, 3.63) is 97.7 Å². The van der Waals surface area contributed by atoms with Gasteiger partial charge in [-0.25, -0.2) is 9.59 Å². The average molecular weight is 379 g/mol. The Balaban J connectivity index is 1.99. The number of aromatic amines is 1. The van der Waals surface area contributed by atoms with Crippen molar-refractivity contribution in [2.75, 3.05) is 11.9 Å². The van der Waals surface area contributed by atoms with Crippen LogP contribution in [0.4, 0.5) is 5.82 Å². The van der Waals surface area contributed by atoms with Gasteiger partial charge in [0.05, 0.1) is 11.1 Å². The largest absolute Gasteiger partial charge is 0.478 e. The Labute approximate surface area is 161 Å². The van der Waals surface area contributed by atoms with E-state index in [1.165, 1.54) is 19.2 Å². The van der Waals surface area contributed by atoms with E-state index in [1.807, 2.05) is 42.3 Å². The number of carboxylic acid groups (broad SMARTS) is 1. The summed E-state index contributed by atoms with van der Waals surface area (Å²) in [5.74, 6) is -0.547. The molecule has 144 valence electrons. The lowest BCUT2D eigenvalue weighted by atomic mass is 10.0. The van der Waals surface area contributed by atoms with Crippen molar-refractivity contribution in [3.8, 4) is 0 Å². The first-order valence-electron chi connectivity index (χ1n) is 8.76. The number of carbonyl (C=O) groups is 1. The molecule has 7 nitrogen and oxygen atoms in total. The van der Waals surface area contributed by atoms with Crippen LogP contribution in [0, 0.1) is 0 Å². The zero-order valence-corrected chi connectivity index (χ0v) is 15.7. The summed E-state index contributed by atoms with van der Waals surface area (Å²) in [5, 5.41) is 9.03. The third-order valence-electron chi connectivity index (χ3n) is 4.60. The predicted molar refractivity (Wildman–Crippen MR) is 107 cm³/mol. The molecule has 0 fully saturated rings. The van der Waals surface area contributed by atoms with Crippen molar-refractivity contribution in [2.24, 2.45) is 7.05 Å². The third kappa shape index (κ3) is 4.03. The molecule has 2 N–H and O–H groups in total. The Morgan fingerprint density at radius 1 is 1.04 bits per heavy atom. The molecule has 1 heterocycles. The molecule has 0 unspecified atom stereocenters. The lowest BCUT2D eigenvalue weighted by Crippen LogP contribution is -2.38. The summed E-state index contributed by atoms with van der Waals surface area (Å²) in [6, 6.07) is 16.1. The van der Waals surface area contributed by atoms with Crippen LogP contribution in [0.25, 0.3) is 0 Å². The molecule has 0 saturated heterocycles. The molecule has 1 aromatic heterocycles. The summed E-state index contributed by atoms with van der Waals surface area (Å²) in [7, 11) is 3.24. The Kier molecular flexibility index (Phi) is 5.44. The first-order valence-corrected chi connectivity index (χ1v) is 8.76. The summed E-state index contributed by atoms with van der Waals surface area (Å²) in [5.41, 5.74) is 1.60. The van der Waals surface area contributed by atoms with Crippen LogP contribution < -0.4 is 16.1 Å². The summed E-state index contributed by atoms with van der Waals surface area (Å²) in [6.45, 7) is 0.523. The molecule has 0 aliphatic rings. The van der Waals surface area contributed by atoms with Crippen LogP contribution in [0.5, 0.6) is 0 Å². The highest BCUT2D eigenvalue weighted by molar-refractivity contribution is 5.87. The maximum absolute atomic E-state index is 12.8. The van der Waals surface area contributed by atoms with Crippen LogP contribution in [-0.2, 0) is 20.0 Å². The number of anilines is 1. The minimum absolute atomic E-state index is 0.180. The smallest absolute Gasteiger partial charge is 0.335 e. The van der Waals surface area contributed by atoms with E-state index in [0.717, 1.165) is 15.7 Å². The maximum Gasteiger partial charge on any atom is 0.335 e. The first-order chi connectivity index (χ1) is 13.4. The normalized spacial score (nSPS) is 10.6. The number of hydrogen-bond acceptors (Lipinski definition) is 4. The quantitative estimate of drug-likeness (QED) is 0.683. The molecule has 0 amide bonds. The van der Waals surface area contributed by atoms with Gasteiger partial charge in [0.15, 0.2) is 0 Å². The molecule has 0 aliphatic carbocycles. The Hall–Kier alpha value is -3.61. The molecule has 0 atom stereocenters. The number of aromatic carboxylic acids is 1. The molecule has 3 rings (SSSR count). The molecule has 0 saturated carbocycles.